The van der Waals surface area contributed by atoms with Crippen LogP contribution in [0.4, 0.5) is 0 Å². The Balaban J connectivity index is 1.96. The molecule has 0 bridgehead atoms. The number of hydrogen-bond acceptors (Lipinski definition) is 0. The van der Waals surface area contributed by atoms with E-state index in [-0.39, 0.29) is 0 Å². The predicted molar refractivity (Wildman–Crippen MR) is 76.0 cm³/mol. The van der Waals surface area contributed by atoms with E-state index in [1.165, 1.54) is 38.5 Å². The van der Waals surface area contributed by atoms with E-state index in [2.05, 4.69) is 41.5 Å². The molecule has 17 heavy (non-hydrogen) atoms. The molecule has 2 saturated carbocycles. The van der Waals surface area contributed by atoms with Gasteiger partial charge in [-0.05, 0) is 60.2 Å². The second-order valence-corrected chi connectivity index (χ2v) is 9.13. The fourth-order valence-electron chi connectivity index (χ4n) is 4.16. The highest BCUT2D eigenvalue weighted by molar-refractivity contribution is 5.01. The van der Waals surface area contributed by atoms with Crippen molar-refractivity contribution in [1.82, 2.24) is 0 Å². The van der Waals surface area contributed by atoms with Crippen molar-refractivity contribution in [3.8, 4) is 0 Å². The number of hydrogen-bond donors (Lipinski definition) is 0. The molecule has 100 valence electrons. The summed E-state index contributed by atoms with van der Waals surface area (Å²) >= 11 is 0. The predicted octanol–water partition coefficient (Wildman–Crippen LogP) is 5.67. The Morgan fingerprint density at radius 1 is 0.765 bits per heavy atom. The first-order valence-electron chi connectivity index (χ1n) is 7.62. The summed E-state index contributed by atoms with van der Waals surface area (Å²) in [6, 6.07) is 0. The van der Waals surface area contributed by atoms with Gasteiger partial charge in [0.25, 0.3) is 0 Å². The Morgan fingerprint density at radius 2 is 1.24 bits per heavy atom. The summed E-state index contributed by atoms with van der Waals surface area (Å²) in [6.07, 6.45) is 9.03. The molecular weight excluding hydrogens is 204 g/mol. The maximum atomic E-state index is 2.44. The molecule has 0 aromatic carbocycles. The fourth-order valence-corrected chi connectivity index (χ4v) is 4.16. The maximum Gasteiger partial charge on any atom is -0.0289 e. The highest BCUT2D eigenvalue weighted by Gasteiger charge is 2.51. The molecule has 0 N–H and O–H groups in total. The first-order chi connectivity index (χ1) is 7.62. The van der Waals surface area contributed by atoms with Crippen LogP contribution in [-0.4, -0.2) is 0 Å². The van der Waals surface area contributed by atoms with Crippen molar-refractivity contribution in [2.75, 3.05) is 0 Å². The summed E-state index contributed by atoms with van der Waals surface area (Å²) in [7, 11) is 0. The van der Waals surface area contributed by atoms with Gasteiger partial charge in [-0.3, -0.25) is 0 Å². The summed E-state index contributed by atoms with van der Waals surface area (Å²) < 4.78 is 0. The van der Waals surface area contributed by atoms with Gasteiger partial charge in [0.15, 0.2) is 0 Å². The maximum absolute atomic E-state index is 2.44. The molecule has 2 rings (SSSR count). The molecule has 2 aliphatic rings. The molecule has 1 atom stereocenters. The van der Waals surface area contributed by atoms with Crippen LogP contribution in [-0.2, 0) is 0 Å². The van der Waals surface area contributed by atoms with E-state index in [0.29, 0.717) is 10.8 Å². The van der Waals surface area contributed by atoms with Gasteiger partial charge in [0.1, 0.15) is 0 Å². The first-order valence-corrected chi connectivity index (χ1v) is 7.62. The second-order valence-electron chi connectivity index (χ2n) is 9.13. The molecule has 0 heteroatoms. The highest BCUT2D eigenvalue weighted by atomic mass is 14.6. The van der Waals surface area contributed by atoms with E-state index >= 15 is 0 Å². The van der Waals surface area contributed by atoms with Crippen molar-refractivity contribution in [2.24, 2.45) is 28.1 Å². The average molecular weight is 236 g/mol. The smallest absolute Gasteiger partial charge is 0.0289 e. The number of rotatable bonds is 0. The molecule has 0 aromatic rings. The van der Waals surface area contributed by atoms with Crippen molar-refractivity contribution >= 4 is 0 Å². The minimum atomic E-state index is 0.528. The van der Waals surface area contributed by atoms with Gasteiger partial charge in [0.05, 0.1) is 0 Å². The normalized spacial score (nSPS) is 39.2. The lowest BCUT2D eigenvalue weighted by Gasteiger charge is -2.57. The molecule has 0 amide bonds. The van der Waals surface area contributed by atoms with Crippen LogP contribution in [0.1, 0.15) is 80.1 Å². The van der Waals surface area contributed by atoms with Crippen molar-refractivity contribution in [2.45, 2.75) is 80.1 Å². The molecule has 2 fully saturated rings. The molecule has 0 aliphatic heterocycles. The standard InChI is InChI=1S/C17H32/c1-15(2,3)13-8-7-9-17(10-13)11-14(12-17)16(4,5)6/h13-14H,7-12H2,1-6H3. The lowest BCUT2D eigenvalue weighted by atomic mass is 9.48. The fraction of sp³-hybridized carbons (Fsp3) is 1.00. The van der Waals surface area contributed by atoms with E-state index in [4.69, 9.17) is 0 Å². The van der Waals surface area contributed by atoms with Crippen LogP contribution < -0.4 is 0 Å². The van der Waals surface area contributed by atoms with E-state index in [1.807, 2.05) is 0 Å². The highest BCUT2D eigenvalue weighted by Crippen LogP contribution is 2.62. The Labute approximate surface area is 109 Å². The molecule has 0 radical (unpaired) electrons. The van der Waals surface area contributed by atoms with Gasteiger partial charge < -0.3 is 0 Å². The van der Waals surface area contributed by atoms with E-state index < -0.39 is 0 Å². The summed E-state index contributed by atoms with van der Waals surface area (Å²) in [6.45, 7) is 14.6. The van der Waals surface area contributed by atoms with E-state index in [1.54, 1.807) is 0 Å². The van der Waals surface area contributed by atoms with Crippen molar-refractivity contribution in [3.63, 3.8) is 0 Å². The molecule has 0 heterocycles. The summed E-state index contributed by atoms with van der Waals surface area (Å²) in [5.74, 6) is 1.96. The Bertz CT molecular complexity index is 267. The zero-order valence-corrected chi connectivity index (χ0v) is 12.9. The molecule has 2 aliphatic carbocycles. The van der Waals surface area contributed by atoms with Gasteiger partial charge in [-0.25, -0.2) is 0 Å². The van der Waals surface area contributed by atoms with Gasteiger partial charge in [-0.2, -0.15) is 0 Å². The third kappa shape index (κ3) is 2.71. The van der Waals surface area contributed by atoms with Gasteiger partial charge in [0.2, 0.25) is 0 Å². The van der Waals surface area contributed by atoms with Crippen LogP contribution in [0.2, 0.25) is 0 Å². The Kier molecular flexibility index (Phi) is 3.16. The molecular formula is C17H32. The minimum absolute atomic E-state index is 0.528. The molecule has 0 saturated heterocycles. The molecule has 1 spiro atoms. The first kappa shape index (κ1) is 13.4. The summed E-state index contributed by atoms with van der Waals surface area (Å²) in [5.41, 5.74) is 1.83. The van der Waals surface area contributed by atoms with Crippen LogP contribution in [0, 0.1) is 28.1 Å². The van der Waals surface area contributed by atoms with Crippen LogP contribution in [0.15, 0.2) is 0 Å². The van der Waals surface area contributed by atoms with Crippen molar-refractivity contribution in [3.05, 3.63) is 0 Å². The van der Waals surface area contributed by atoms with Crippen LogP contribution in [0.5, 0.6) is 0 Å². The Hall–Kier alpha value is 0. The third-order valence-corrected chi connectivity index (χ3v) is 5.75. The topological polar surface area (TPSA) is 0 Å². The largest absolute Gasteiger partial charge is 0.0599 e. The average Bonchev–Trinajstić information content (AvgIpc) is 2.11. The lowest BCUT2D eigenvalue weighted by molar-refractivity contribution is -0.0693. The second kappa shape index (κ2) is 4.00. The third-order valence-electron chi connectivity index (χ3n) is 5.75. The van der Waals surface area contributed by atoms with Gasteiger partial charge in [0, 0.05) is 0 Å². The van der Waals surface area contributed by atoms with Crippen LogP contribution >= 0.6 is 0 Å². The minimum Gasteiger partial charge on any atom is -0.0599 e. The summed E-state index contributed by atoms with van der Waals surface area (Å²) in [5, 5.41) is 0. The van der Waals surface area contributed by atoms with E-state index in [0.717, 1.165) is 17.3 Å². The van der Waals surface area contributed by atoms with E-state index in [9.17, 15) is 0 Å². The van der Waals surface area contributed by atoms with Crippen LogP contribution in [0.3, 0.4) is 0 Å². The van der Waals surface area contributed by atoms with Gasteiger partial charge in [-0.1, -0.05) is 48.0 Å². The molecule has 0 nitrogen and oxygen atoms in total. The van der Waals surface area contributed by atoms with Crippen molar-refractivity contribution in [1.29, 1.82) is 0 Å². The van der Waals surface area contributed by atoms with Crippen LogP contribution in [0.25, 0.3) is 0 Å². The van der Waals surface area contributed by atoms with Gasteiger partial charge >= 0.3 is 0 Å². The SMILES string of the molecule is CC(C)(C)C1CCCC2(C1)CC(C(C)(C)C)C2. The van der Waals surface area contributed by atoms with Crippen molar-refractivity contribution < 1.29 is 0 Å². The zero-order chi connectivity index (χ0) is 12.9. The zero-order valence-electron chi connectivity index (χ0n) is 12.9. The molecule has 0 aromatic heterocycles. The monoisotopic (exact) mass is 236 g/mol. The summed E-state index contributed by atoms with van der Waals surface area (Å²) in [4.78, 5) is 0. The molecule has 1 unspecified atom stereocenters. The quantitative estimate of drug-likeness (QED) is 0.508. The Morgan fingerprint density at radius 3 is 1.71 bits per heavy atom. The van der Waals surface area contributed by atoms with Gasteiger partial charge in [-0.15, -0.1) is 0 Å². The lowest BCUT2D eigenvalue weighted by Crippen LogP contribution is -2.47.